The fraction of sp³-hybridized carbons (Fsp3) is 0.263. The second kappa shape index (κ2) is 7.66. The number of rotatable bonds is 4. The van der Waals surface area contributed by atoms with E-state index < -0.39 is 24.1 Å². The van der Waals surface area contributed by atoms with Gasteiger partial charge in [0, 0.05) is 10.7 Å². The van der Waals surface area contributed by atoms with Gasteiger partial charge in [-0.15, -0.1) is 0 Å². The van der Waals surface area contributed by atoms with Crippen LogP contribution in [0.1, 0.15) is 12.5 Å². The minimum Gasteiger partial charge on any atom is -0.485 e. The van der Waals surface area contributed by atoms with Crippen molar-refractivity contribution in [2.24, 2.45) is 0 Å². The molecule has 2 atom stereocenters. The van der Waals surface area contributed by atoms with E-state index in [-0.39, 0.29) is 6.61 Å². The summed E-state index contributed by atoms with van der Waals surface area (Å²) in [4.78, 5) is 24.6. The van der Waals surface area contributed by atoms with Crippen LogP contribution in [0.25, 0.3) is 0 Å². The van der Waals surface area contributed by atoms with Crippen molar-refractivity contribution in [3.05, 3.63) is 53.1 Å². The summed E-state index contributed by atoms with van der Waals surface area (Å²) in [5.41, 5.74) is 1.30. The number of halogens is 1. The first kappa shape index (κ1) is 18.1. The number of hydrogen-bond acceptors (Lipinski definition) is 5. The lowest BCUT2D eigenvalue weighted by atomic mass is 10.2. The van der Waals surface area contributed by atoms with Crippen LogP contribution >= 0.6 is 11.6 Å². The summed E-state index contributed by atoms with van der Waals surface area (Å²) in [6.07, 6.45) is -1.92. The molecule has 0 spiro atoms. The Balaban J connectivity index is 1.59. The van der Waals surface area contributed by atoms with Gasteiger partial charge >= 0.3 is 5.97 Å². The maximum Gasteiger partial charge on any atom is 0.351 e. The lowest BCUT2D eigenvalue weighted by molar-refractivity contribution is -0.162. The number of nitrogens with one attached hydrogen (secondary N) is 1. The number of ether oxygens (including phenoxy) is 3. The molecule has 0 saturated heterocycles. The quantitative estimate of drug-likeness (QED) is 0.829. The van der Waals surface area contributed by atoms with Crippen LogP contribution in [0.2, 0.25) is 5.02 Å². The molecule has 136 valence electrons. The molecule has 1 N–H and O–H groups in total. The molecular formula is C19H18ClNO5. The normalized spacial score (nSPS) is 16.5. The van der Waals surface area contributed by atoms with Gasteiger partial charge in [-0.2, -0.15) is 0 Å². The van der Waals surface area contributed by atoms with Gasteiger partial charge in [0.25, 0.3) is 5.91 Å². The van der Waals surface area contributed by atoms with E-state index >= 15 is 0 Å². The van der Waals surface area contributed by atoms with E-state index in [1.54, 1.807) is 43.3 Å². The molecule has 7 heteroatoms. The highest BCUT2D eigenvalue weighted by Crippen LogP contribution is 2.31. The second-order valence-corrected chi connectivity index (χ2v) is 6.25. The van der Waals surface area contributed by atoms with Crippen LogP contribution in [0, 0.1) is 6.92 Å². The standard InChI is InChI=1S/C19H18ClNO5/c1-11-13(20)6-5-7-14(11)21-18(22)12(2)25-19(23)17-10-24-15-8-3-4-9-16(15)26-17/h3-9,12,17H,10H2,1-2H3,(H,21,22)/t12-,17-/m0/s1. The zero-order valence-corrected chi connectivity index (χ0v) is 15.1. The lowest BCUT2D eigenvalue weighted by Crippen LogP contribution is -2.41. The topological polar surface area (TPSA) is 73.9 Å². The number of carbonyl (C=O) groups excluding carboxylic acids is 2. The van der Waals surface area contributed by atoms with Gasteiger partial charge in [-0.3, -0.25) is 4.79 Å². The Bertz CT molecular complexity index is 838. The molecule has 0 aromatic heterocycles. The number of amides is 1. The molecule has 3 rings (SSSR count). The molecule has 2 aromatic rings. The van der Waals surface area contributed by atoms with Crippen molar-refractivity contribution in [2.45, 2.75) is 26.1 Å². The molecule has 0 aliphatic carbocycles. The maximum absolute atomic E-state index is 12.3. The molecule has 0 bridgehead atoms. The average molecular weight is 376 g/mol. The van der Waals surface area contributed by atoms with Crippen molar-refractivity contribution in [1.82, 2.24) is 0 Å². The molecule has 26 heavy (non-hydrogen) atoms. The van der Waals surface area contributed by atoms with Crippen LogP contribution in [0.5, 0.6) is 11.5 Å². The van der Waals surface area contributed by atoms with Gasteiger partial charge in [0.1, 0.15) is 6.61 Å². The molecule has 0 fully saturated rings. The number of benzene rings is 2. The van der Waals surface area contributed by atoms with Crippen LogP contribution in [0.4, 0.5) is 5.69 Å². The number of carbonyl (C=O) groups is 2. The van der Waals surface area contributed by atoms with Crippen LogP contribution in [-0.2, 0) is 14.3 Å². The van der Waals surface area contributed by atoms with Crippen LogP contribution in [-0.4, -0.2) is 30.7 Å². The highest BCUT2D eigenvalue weighted by molar-refractivity contribution is 6.31. The first-order valence-electron chi connectivity index (χ1n) is 8.10. The third-order valence-electron chi connectivity index (χ3n) is 3.96. The van der Waals surface area contributed by atoms with Crippen molar-refractivity contribution in [3.8, 4) is 11.5 Å². The largest absolute Gasteiger partial charge is 0.485 e. The van der Waals surface area contributed by atoms with Crippen molar-refractivity contribution < 1.29 is 23.8 Å². The molecule has 0 unspecified atom stereocenters. The Hall–Kier alpha value is -2.73. The van der Waals surface area contributed by atoms with E-state index in [1.807, 2.05) is 6.07 Å². The SMILES string of the molecule is Cc1c(Cl)cccc1NC(=O)[C@H](C)OC(=O)[C@@H]1COc2ccccc2O1. The van der Waals surface area contributed by atoms with Crippen molar-refractivity contribution in [2.75, 3.05) is 11.9 Å². The number of hydrogen-bond donors (Lipinski definition) is 1. The van der Waals surface area contributed by atoms with Gasteiger partial charge in [-0.1, -0.05) is 29.8 Å². The molecule has 1 amide bonds. The van der Waals surface area contributed by atoms with Crippen molar-refractivity contribution >= 4 is 29.2 Å². The minimum absolute atomic E-state index is 0.0254. The van der Waals surface area contributed by atoms with Gasteiger partial charge in [-0.25, -0.2) is 4.79 Å². The molecule has 0 radical (unpaired) electrons. The Labute approximate surface area is 156 Å². The molecule has 6 nitrogen and oxygen atoms in total. The first-order valence-corrected chi connectivity index (χ1v) is 8.48. The summed E-state index contributed by atoms with van der Waals surface area (Å²) in [5, 5.41) is 3.24. The zero-order valence-electron chi connectivity index (χ0n) is 14.3. The zero-order chi connectivity index (χ0) is 18.7. The second-order valence-electron chi connectivity index (χ2n) is 5.84. The number of fused-ring (bicyclic) bond motifs is 1. The summed E-state index contributed by atoms with van der Waals surface area (Å²) in [5.74, 6) is -0.0862. The van der Waals surface area contributed by atoms with Crippen molar-refractivity contribution in [3.63, 3.8) is 0 Å². The predicted octanol–water partition coefficient (Wildman–Crippen LogP) is 3.36. The fourth-order valence-corrected chi connectivity index (χ4v) is 2.59. The predicted molar refractivity (Wildman–Crippen MR) is 96.7 cm³/mol. The van der Waals surface area contributed by atoms with E-state index in [0.29, 0.717) is 22.2 Å². The highest BCUT2D eigenvalue weighted by Gasteiger charge is 2.31. The number of esters is 1. The van der Waals surface area contributed by atoms with Gasteiger partial charge in [0.2, 0.25) is 6.10 Å². The van der Waals surface area contributed by atoms with Crippen LogP contribution < -0.4 is 14.8 Å². The summed E-state index contributed by atoms with van der Waals surface area (Å²) >= 11 is 6.04. The fourth-order valence-electron chi connectivity index (χ4n) is 2.42. The van der Waals surface area contributed by atoms with Gasteiger partial charge in [-0.05, 0) is 43.7 Å². The van der Waals surface area contributed by atoms with E-state index in [9.17, 15) is 9.59 Å². The smallest absolute Gasteiger partial charge is 0.351 e. The van der Waals surface area contributed by atoms with Crippen LogP contribution in [0.15, 0.2) is 42.5 Å². The summed E-state index contributed by atoms with van der Waals surface area (Å²) in [6, 6.07) is 12.2. The van der Waals surface area contributed by atoms with Gasteiger partial charge in [0.05, 0.1) is 0 Å². The van der Waals surface area contributed by atoms with Crippen LogP contribution in [0.3, 0.4) is 0 Å². The van der Waals surface area contributed by atoms with Crippen molar-refractivity contribution in [1.29, 1.82) is 0 Å². The van der Waals surface area contributed by atoms with Gasteiger partial charge in [0.15, 0.2) is 17.6 Å². The third kappa shape index (κ3) is 3.91. The third-order valence-corrected chi connectivity index (χ3v) is 4.37. The average Bonchev–Trinajstić information content (AvgIpc) is 2.64. The molecule has 1 aliphatic rings. The van der Waals surface area contributed by atoms with Gasteiger partial charge < -0.3 is 19.5 Å². The molecule has 1 heterocycles. The Morgan fingerprint density at radius 1 is 1.19 bits per heavy atom. The van der Waals surface area contributed by atoms with E-state index in [4.69, 9.17) is 25.8 Å². The number of para-hydroxylation sites is 2. The Kier molecular flexibility index (Phi) is 5.32. The maximum atomic E-state index is 12.3. The summed E-state index contributed by atoms with van der Waals surface area (Å²) in [6.45, 7) is 3.31. The minimum atomic E-state index is -0.998. The molecule has 2 aromatic carbocycles. The number of anilines is 1. The Morgan fingerprint density at radius 3 is 2.69 bits per heavy atom. The molecule has 0 saturated carbocycles. The van der Waals surface area contributed by atoms with E-state index in [1.165, 1.54) is 6.92 Å². The first-order chi connectivity index (χ1) is 12.5. The van der Waals surface area contributed by atoms with E-state index in [0.717, 1.165) is 5.56 Å². The molecule has 1 aliphatic heterocycles. The monoisotopic (exact) mass is 375 g/mol. The molecular weight excluding hydrogens is 358 g/mol. The van der Waals surface area contributed by atoms with E-state index in [2.05, 4.69) is 5.32 Å². The highest BCUT2D eigenvalue weighted by atomic mass is 35.5. The lowest BCUT2D eigenvalue weighted by Gasteiger charge is -2.26. The Morgan fingerprint density at radius 2 is 1.92 bits per heavy atom. The summed E-state index contributed by atoms with van der Waals surface area (Å²) < 4.78 is 16.3. The summed E-state index contributed by atoms with van der Waals surface area (Å²) in [7, 11) is 0.